The molecule has 0 heterocycles. The number of halogens is 3. The van der Waals surface area contributed by atoms with Gasteiger partial charge in [0.15, 0.2) is 0 Å². The summed E-state index contributed by atoms with van der Waals surface area (Å²) >= 11 is 23.6. The standard InChI is InChI=1S/C6H2Cl3PS2/c7-3-1-4(8)6(12-10-11)5(9)2-3/h1-2H. The fourth-order valence-corrected chi connectivity index (χ4v) is 3.88. The van der Waals surface area contributed by atoms with Gasteiger partial charge in [-0.1, -0.05) is 46.2 Å². The van der Waals surface area contributed by atoms with Gasteiger partial charge in [0.2, 0.25) is 0 Å². The number of hydrogen-bond acceptors (Lipinski definition) is 2. The molecule has 1 aromatic carbocycles. The molecule has 0 nitrogen and oxygen atoms in total. The lowest BCUT2D eigenvalue weighted by Gasteiger charge is -2.02. The van der Waals surface area contributed by atoms with Crippen LogP contribution in [0, 0.1) is 0 Å². The van der Waals surface area contributed by atoms with Crippen molar-refractivity contribution in [3.8, 4) is 0 Å². The van der Waals surface area contributed by atoms with Gasteiger partial charge in [0.05, 0.1) is 14.9 Å². The largest absolute Gasteiger partial charge is 0.0842 e. The molecule has 0 saturated heterocycles. The van der Waals surface area contributed by atoms with Crippen molar-refractivity contribution in [1.82, 2.24) is 0 Å². The first-order valence-corrected chi connectivity index (χ1v) is 7.25. The van der Waals surface area contributed by atoms with E-state index in [0.29, 0.717) is 15.1 Å². The average molecular weight is 276 g/mol. The average Bonchev–Trinajstić information content (AvgIpc) is 1.96. The molecule has 64 valence electrons. The fraction of sp³-hybridized carbons (Fsp3) is 0. The van der Waals surface area contributed by atoms with Crippen LogP contribution in [-0.4, -0.2) is 0 Å². The van der Waals surface area contributed by atoms with Crippen LogP contribution in [0.4, 0.5) is 0 Å². The van der Waals surface area contributed by atoms with E-state index < -0.39 is 0 Å². The molecular weight excluding hydrogens is 274 g/mol. The van der Waals surface area contributed by atoms with Crippen molar-refractivity contribution in [2.75, 3.05) is 0 Å². The highest BCUT2D eigenvalue weighted by molar-refractivity contribution is 8.58. The number of hydrogen-bond donors (Lipinski definition) is 0. The van der Waals surface area contributed by atoms with Crippen molar-refractivity contribution in [3.05, 3.63) is 27.2 Å². The summed E-state index contributed by atoms with van der Waals surface area (Å²) in [4.78, 5) is 0.791. The minimum atomic E-state index is 0.537. The molecule has 12 heavy (non-hydrogen) atoms. The summed E-state index contributed by atoms with van der Waals surface area (Å²) < 4.78 is 0. The van der Waals surface area contributed by atoms with Gasteiger partial charge in [0, 0.05) is 11.6 Å². The Balaban J connectivity index is 3.18. The molecule has 0 fully saturated rings. The van der Waals surface area contributed by atoms with Crippen LogP contribution >= 0.6 is 52.7 Å². The van der Waals surface area contributed by atoms with E-state index in [1.54, 1.807) is 12.1 Å². The van der Waals surface area contributed by atoms with Gasteiger partial charge < -0.3 is 0 Å². The SMILES string of the molecule is S=PSc1c(Cl)cc(Cl)cc1Cl. The summed E-state index contributed by atoms with van der Waals surface area (Å²) in [7, 11) is 0. The first-order valence-electron chi connectivity index (χ1n) is 2.79. The maximum atomic E-state index is 5.87. The topological polar surface area (TPSA) is 0 Å². The van der Waals surface area contributed by atoms with Gasteiger partial charge >= 0.3 is 0 Å². The van der Waals surface area contributed by atoms with Crippen molar-refractivity contribution >= 4 is 64.5 Å². The number of rotatable bonds is 2. The molecule has 0 aliphatic carbocycles. The van der Waals surface area contributed by atoms with Crippen LogP contribution in [0.3, 0.4) is 0 Å². The smallest absolute Gasteiger partial charge is 0.0578 e. The Morgan fingerprint density at radius 3 is 2.08 bits per heavy atom. The lowest BCUT2D eigenvalue weighted by molar-refractivity contribution is 1.47. The Hall–Kier alpha value is 0.960. The molecule has 0 bridgehead atoms. The van der Waals surface area contributed by atoms with E-state index in [2.05, 4.69) is 0 Å². The molecule has 6 heteroatoms. The van der Waals surface area contributed by atoms with E-state index in [0.717, 1.165) is 11.5 Å². The van der Waals surface area contributed by atoms with Crippen molar-refractivity contribution < 1.29 is 0 Å². The second kappa shape index (κ2) is 4.99. The maximum Gasteiger partial charge on any atom is 0.0578 e. The lowest BCUT2D eigenvalue weighted by Crippen LogP contribution is -1.74. The molecule has 0 unspecified atom stereocenters. The van der Waals surface area contributed by atoms with Crippen LogP contribution in [0.25, 0.3) is 0 Å². The summed E-state index contributed by atoms with van der Waals surface area (Å²) in [6, 6.07) is 3.30. The molecule has 0 aliphatic rings. The van der Waals surface area contributed by atoms with Gasteiger partial charge in [-0.2, -0.15) is 0 Å². The van der Waals surface area contributed by atoms with Crippen LogP contribution in [0.5, 0.6) is 0 Å². The van der Waals surface area contributed by atoms with E-state index in [1.165, 1.54) is 11.4 Å². The first kappa shape index (κ1) is 11.0. The predicted molar refractivity (Wildman–Crippen MR) is 61.6 cm³/mol. The Kier molecular flexibility index (Phi) is 4.59. The van der Waals surface area contributed by atoms with E-state index >= 15 is 0 Å². The molecule has 1 rings (SSSR count). The van der Waals surface area contributed by atoms with Crippen molar-refractivity contribution in [2.45, 2.75) is 4.90 Å². The van der Waals surface area contributed by atoms with Crippen LogP contribution in [-0.2, 0) is 11.8 Å². The Morgan fingerprint density at radius 2 is 1.67 bits per heavy atom. The first-order chi connectivity index (χ1) is 5.65. The Labute approximate surface area is 96.2 Å². The zero-order chi connectivity index (χ0) is 9.14. The lowest BCUT2D eigenvalue weighted by atomic mass is 10.4. The van der Waals surface area contributed by atoms with E-state index in [1.807, 2.05) is 0 Å². The van der Waals surface area contributed by atoms with Gasteiger partial charge in [0.1, 0.15) is 0 Å². The maximum absolute atomic E-state index is 5.87. The van der Waals surface area contributed by atoms with Gasteiger partial charge in [-0.15, -0.1) is 0 Å². The fourth-order valence-electron chi connectivity index (χ4n) is 0.653. The summed E-state index contributed by atoms with van der Waals surface area (Å²) in [6.07, 6.45) is 0. The van der Waals surface area contributed by atoms with Crippen LogP contribution in [0.15, 0.2) is 17.0 Å². The molecule has 0 radical (unpaired) electrons. The van der Waals surface area contributed by atoms with Crippen LogP contribution in [0.1, 0.15) is 0 Å². The van der Waals surface area contributed by atoms with Crippen LogP contribution < -0.4 is 0 Å². The summed E-state index contributed by atoms with van der Waals surface area (Å²) in [5.41, 5.74) is 0. The Morgan fingerprint density at radius 1 is 1.17 bits per heavy atom. The minimum Gasteiger partial charge on any atom is -0.0842 e. The highest BCUT2D eigenvalue weighted by Gasteiger charge is 2.06. The second-order valence-electron chi connectivity index (χ2n) is 1.86. The molecule has 1 aromatic rings. The van der Waals surface area contributed by atoms with Gasteiger partial charge in [-0.05, 0) is 23.9 Å². The molecule has 0 amide bonds. The third-order valence-electron chi connectivity index (χ3n) is 1.09. The van der Waals surface area contributed by atoms with E-state index in [9.17, 15) is 0 Å². The second-order valence-corrected chi connectivity index (χ2v) is 6.19. The van der Waals surface area contributed by atoms with Crippen molar-refractivity contribution in [1.29, 1.82) is 0 Å². The quantitative estimate of drug-likeness (QED) is 0.692. The molecule has 0 aromatic heterocycles. The van der Waals surface area contributed by atoms with Gasteiger partial charge in [0.25, 0.3) is 0 Å². The minimum absolute atomic E-state index is 0.537. The van der Waals surface area contributed by atoms with Crippen molar-refractivity contribution in [3.63, 3.8) is 0 Å². The molecule has 0 spiro atoms. The molecule has 0 saturated carbocycles. The third kappa shape index (κ3) is 2.73. The highest BCUT2D eigenvalue weighted by atomic mass is 35.5. The molecule has 0 atom stereocenters. The van der Waals surface area contributed by atoms with Crippen molar-refractivity contribution in [2.24, 2.45) is 0 Å². The van der Waals surface area contributed by atoms with Crippen LogP contribution in [0.2, 0.25) is 15.1 Å². The van der Waals surface area contributed by atoms with Gasteiger partial charge in [-0.3, -0.25) is 0 Å². The molecule has 0 aliphatic heterocycles. The summed E-state index contributed by atoms with van der Waals surface area (Å²) in [6.45, 7) is 0.745. The predicted octanol–water partition coefficient (Wildman–Crippen LogP) is 5.06. The van der Waals surface area contributed by atoms with E-state index in [-0.39, 0.29) is 0 Å². The third-order valence-corrected chi connectivity index (χ3v) is 4.27. The molecule has 0 N–H and O–H groups in total. The normalized spacial score (nSPS) is 10.6. The highest BCUT2D eigenvalue weighted by Crippen LogP contribution is 2.41. The zero-order valence-electron chi connectivity index (χ0n) is 5.55. The van der Waals surface area contributed by atoms with E-state index in [4.69, 9.17) is 46.6 Å². The molecular formula is C6H2Cl3PS2. The monoisotopic (exact) mass is 274 g/mol. The summed E-state index contributed by atoms with van der Waals surface area (Å²) in [5.74, 6) is 0. The zero-order valence-corrected chi connectivity index (χ0v) is 10.3. The Bertz CT molecular complexity index is 293. The number of benzene rings is 1. The summed E-state index contributed by atoms with van der Waals surface area (Å²) in [5, 5.41) is 1.64. The van der Waals surface area contributed by atoms with Gasteiger partial charge in [-0.25, -0.2) is 0 Å².